The van der Waals surface area contributed by atoms with Gasteiger partial charge in [-0.1, -0.05) is 19.9 Å². The standard InChI is InChI=1S/C21H25N5O3/c1-12(2)10-22-19-18-15(7-8-28-18)25-20(26-19)23-13-5-6-14-16(9-13)24-17(27)11-29-21(14,3)4/h5-9,12H,10-11H2,1-4H3,(H,24,27)(H2,22,23,25,26). The van der Waals surface area contributed by atoms with Crippen LogP contribution >= 0.6 is 0 Å². The highest BCUT2D eigenvalue weighted by Crippen LogP contribution is 2.35. The number of anilines is 4. The molecule has 0 atom stereocenters. The lowest BCUT2D eigenvalue weighted by Crippen LogP contribution is -2.22. The van der Waals surface area contributed by atoms with Gasteiger partial charge in [-0.25, -0.2) is 4.98 Å². The molecule has 0 radical (unpaired) electrons. The predicted molar refractivity (Wildman–Crippen MR) is 112 cm³/mol. The number of hydrogen-bond acceptors (Lipinski definition) is 7. The lowest BCUT2D eigenvalue weighted by Gasteiger charge is -2.24. The second-order valence-electron chi connectivity index (χ2n) is 8.04. The van der Waals surface area contributed by atoms with E-state index in [0.29, 0.717) is 34.5 Å². The number of aromatic nitrogens is 2. The van der Waals surface area contributed by atoms with Gasteiger partial charge in [-0.2, -0.15) is 4.98 Å². The third-order valence-corrected chi connectivity index (χ3v) is 4.74. The summed E-state index contributed by atoms with van der Waals surface area (Å²) in [5.41, 5.74) is 3.17. The van der Waals surface area contributed by atoms with Gasteiger partial charge < -0.3 is 25.1 Å². The average Bonchev–Trinajstić information content (AvgIpc) is 3.09. The first-order valence-electron chi connectivity index (χ1n) is 9.66. The summed E-state index contributed by atoms with van der Waals surface area (Å²) in [5.74, 6) is 1.38. The molecule has 1 aromatic carbocycles. The molecule has 1 aliphatic rings. The monoisotopic (exact) mass is 395 g/mol. The minimum atomic E-state index is -0.562. The van der Waals surface area contributed by atoms with E-state index in [2.05, 4.69) is 39.8 Å². The van der Waals surface area contributed by atoms with E-state index in [0.717, 1.165) is 17.8 Å². The number of furan rings is 1. The van der Waals surface area contributed by atoms with Gasteiger partial charge in [-0.3, -0.25) is 4.79 Å². The smallest absolute Gasteiger partial charge is 0.250 e. The van der Waals surface area contributed by atoms with Crippen molar-refractivity contribution in [1.29, 1.82) is 0 Å². The minimum Gasteiger partial charge on any atom is -0.459 e. The second kappa shape index (κ2) is 7.36. The summed E-state index contributed by atoms with van der Waals surface area (Å²) in [7, 11) is 0. The van der Waals surface area contributed by atoms with E-state index in [1.54, 1.807) is 12.3 Å². The Bertz CT molecular complexity index is 1060. The highest BCUT2D eigenvalue weighted by molar-refractivity contribution is 5.94. The number of fused-ring (bicyclic) bond motifs is 2. The SMILES string of the molecule is CC(C)CNc1nc(Nc2ccc3c(c2)NC(=O)COC3(C)C)nc2ccoc12. The molecule has 3 aromatic rings. The van der Waals surface area contributed by atoms with Crippen LogP contribution in [0.25, 0.3) is 11.1 Å². The van der Waals surface area contributed by atoms with Crippen molar-refractivity contribution < 1.29 is 13.9 Å². The molecule has 0 spiro atoms. The van der Waals surface area contributed by atoms with Gasteiger partial charge in [0.2, 0.25) is 11.9 Å². The van der Waals surface area contributed by atoms with Gasteiger partial charge in [0.1, 0.15) is 12.1 Å². The predicted octanol–water partition coefficient (Wildman–Crippen LogP) is 4.24. The third kappa shape index (κ3) is 4.02. The maximum atomic E-state index is 12.0. The van der Waals surface area contributed by atoms with Crippen molar-refractivity contribution >= 4 is 40.1 Å². The molecule has 0 saturated heterocycles. The third-order valence-electron chi connectivity index (χ3n) is 4.74. The molecule has 0 fully saturated rings. The van der Waals surface area contributed by atoms with E-state index >= 15 is 0 Å². The lowest BCUT2D eigenvalue weighted by molar-refractivity contribution is -0.125. The van der Waals surface area contributed by atoms with Crippen LogP contribution in [0.4, 0.5) is 23.1 Å². The quantitative estimate of drug-likeness (QED) is 0.594. The van der Waals surface area contributed by atoms with Crippen LogP contribution in [0.15, 0.2) is 34.9 Å². The molecular formula is C21H25N5O3. The highest BCUT2D eigenvalue weighted by atomic mass is 16.5. The Hall–Kier alpha value is -3.13. The second-order valence-corrected chi connectivity index (χ2v) is 8.04. The number of benzene rings is 1. The van der Waals surface area contributed by atoms with Gasteiger partial charge in [0.15, 0.2) is 11.4 Å². The summed E-state index contributed by atoms with van der Waals surface area (Å²) >= 11 is 0. The Labute approximate surface area is 169 Å². The Morgan fingerprint density at radius 1 is 1.24 bits per heavy atom. The molecular weight excluding hydrogens is 370 g/mol. The average molecular weight is 395 g/mol. The Morgan fingerprint density at radius 3 is 2.86 bits per heavy atom. The first-order chi connectivity index (χ1) is 13.8. The Morgan fingerprint density at radius 2 is 2.07 bits per heavy atom. The molecule has 2 aromatic heterocycles. The molecule has 8 heteroatoms. The zero-order valence-corrected chi connectivity index (χ0v) is 17.0. The van der Waals surface area contributed by atoms with Crippen LogP contribution in [-0.2, 0) is 15.1 Å². The summed E-state index contributed by atoms with van der Waals surface area (Å²) in [4.78, 5) is 21.1. The number of carbonyl (C=O) groups is 1. The minimum absolute atomic E-state index is 0.0234. The molecule has 1 aliphatic heterocycles. The van der Waals surface area contributed by atoms with Gasteiger partial charge in [0.05, 0.1) is 11.9 Å². The first kappa shape index (κ1) is 19.2. The van der Waals surface area contributed by atoms with E-state index in [4.69, 9.17) is 9.15 Å². The fraction of sp³-hybridized carbons (Fsp3) is 0.381. The van der Waals surface area contributed by atoms with Crippen molar-refractivity contribution in [3.63, 3.8) is 0 Å². The molecule has 0 saturated carbocycles. The van der Waals surface area contributed by atoms with Crippen molar-refractivity contribution in [2.45, 2.75) is 33.3 Å². The Balaban J connectivity index is 1.66. The molecule has 152 valence electrons. The topological polar surface area (TPSA) is 101 Å². The van der Waals surface area contributed by atoms with Crippen LogP contribution in [0, 0.1) is 5.92 Å². The number of nitrogens with zero attached hydrogens (tertiary/aromatic N) is 2. The van der Waals surface area contributed by atoms with Crippen LogP contribution in [0.1, 0.15) is 33.3 Å². The van der Waals surface area contributed by atoms with E-state index in [-0.39, 0.29) is 12.5 Å². The molecule has 3 N–H and O–H groups in total. The van der Waals surface area contributed by atoms with E-state index in [9.17, 15) is 4.79 Å². The highest BCUT2D eigenvalue weighted by Gasteiger charge is 2.29. The molecule has 0 bridgehead atoms. The van der Waals surface area contributed by atoms with E-state index < -0.39 is 5.60 Å². The zero-order chi connectivity index (χ0) is 20.6. The Kier molecular flexibility index (Phi) is 4.87. The molecule has 8 nitrogen and oxygen atoms in total. The van der Waals surface area contributed by atoms with Crippen LogP contribution in [0.3, 0.4) is 0 Å². The van der Waals surface area contributed by atoms with Gasteiger partial charge in [0, 0.05) is 29.5 Å². The van der Waals surface area contributed by atoms with Gasteiger partial charge in [0.25, 0.3) is 0 Å². The number of ether oxygens (including phenoxy) is 1. The van der Waals surface area contributed by atoms with Crippen molar-refractivity contribution in [2.24, 2.45) is 5.92 Å². The van der Waals surface area contributed by atoms with Crippen LogP contribution < -0.4 is 16.0 Å². The first-order valence-corrected chi connectivity index (χ1v) is 9.66. The van der Waals surface area contributed by atoms with Crippen molar-refractivity contribution in [3.8, 4) is 0 Å². The summed E-state index contributed by atoms with van der Waals surface area (Å²) in [6, 6.07) is 7.54. The number of nitrogens with one attached hydrogen (secondary N) is 3. The summed E-state index contributed by atoms with van der Waals surface area (Å²) < 4.78 is 11.2. The van der Waals surface area contributed by atoms with Crippen LogP contribution in [0.5, 0.6) is 0 Å². The summed E-state index contributed by atoms with van der Waals surface area (Å²) in [6.45, 7) is 8.94. The van der Waals surface area contributed by atoms with Crippen LogP contribution in [-0.4, -0.2) is 29.0 Å². The molecule has 3 heterocycles. The molecule has 0 aliphatic carbocycles. The summed E-state index contributed by atoms with van der Waals surface area (Å²) in [5, 5.41) is 9.45. The molecule has 1 amide bonds. The van der Waals surface area contributed by atoms with Crippen molar-refractivity contribution in [1.82, 2.24) is 9.97 Å². The molecule has 4 rings (SSSR count). The zero-order valence-electron chi connectivity index (χ0n) is 17.0. The van der Waals surface area contributed by atoms with E-state index in [1.807, 2.05) is 32.0 Å². The molecule has 0 unspecified atom stereocenters. The number of amides is 1. The number of rotatable bonds is 5. The van der Waals surface area contributed by atoms with E-state index in [1.165, 1.54) is 0 Å². The maximum absolute atomic E-state index is 12.0. The fourth-order valence-corrected chi connectivity index (χ4v) is 3.23. The fourth-order valence-electron chi connectivity index (χ4n) is 3.23. The van der Waals surface area contributed by atoms with Gasteiger partial charge in [-0.05, 0) is 31.9 Å². The lowest BCUT2D eigenvalue weighted by atomic mass is 9.96. The number of carbonyl (C=O) groups excluding carboxylic acids is 1. The van der Waals surface area contributed by atoms with Gasteiger partial charge >= 0.3 is 0 Å². The van der Waals surface area contributed by atoms with Crippen molar-refractivity contribution in [2.75, 3.05) is 29.1 Å². The van der Waals surface area contributed by atoms with Gasteiger partial charge in [-0.15, -0.1) is 0 Å². The summed E-state index contributed by atoms with van der Waals surface area (Å²) in [6.07, 6.45) is 1.60. The van der Waals surface area contributed by atoms with Crippen molar-refractivity contribution in [3.05, 3.63) is 36.1 Å². The van der Waals surface area contributed by atoms with Crippen LogP contribution in [0.2, 0.25) is 0 Å². The largest absolute Gasteiger partial charge is 0.459 e. The molecule has 29 heavy (non-hydrogen) atoms. The number of hydrogen-bond donors (Lipinski definition) is 3. The normalized spacial score (nSPS) is 15.7. The maximum Gasteiger partial charge on any atom is 0.250 e.